The average molecular weight is 449 g/mol. The quantitative estimate of drug-likeness (QED) is 0.538. The van der Waals surface area contributed by atoms with E-state index in [-0.39, 0.29) is 25.5 Å². The highest BCUT2D eigenvalue weighted by molar-refractivity contribution is 5.95. The van der Waals surface area contributed by atoms with Crippen molar-refractivity contribution in [1.82, 2.24) is 24.6 Å². The first kappa shape index (κ1) is 21.0. The number of amides is 1. The van der Waals surface area contributed by atoms with Crippen molar-refractivity contribution in [3.8, 4) is 17.1 Å². The summed E-state index contributed by atoms with van der Waals surface area (Å²) in [6, 6.07) is 7.22. The molecule has 1 saturated heterocycles. The third-order valence-electron chi connectivity index (χ3n) is 5.76. The van der Waals surface area contributed by atoms with Crippen LogP contribution in [0.15, 0.2) is 65.9 Å². The molecule has 1 fully saturated rings. The largest absolute Gasteiger partial charge is 0.472 e. The van der Waals surface area contributed by atoms with Crippen LogP contribution in [0.3, 0.4) is 0 Å². The summed E-state index contributed by atoms with van der Waals surface area (Å²) in [5.41, 5.74) is 6.48. The van der Waals surface area contributed by atoms with Crippen LogP contribution in [0.5, 0.6) is 5.88 Å². The zero-order chi connectivity index (χ0) is 22.9. The molecule has 2 unspecified atom stereocenters. The molecule has 33 heavy (non-hydrogen) atoms. The predicted octanol–water partition coefficient (Wildman–Crippen LogP) is 3.56. The zero-order valence-electron chi connectivity index (χ0n) is 17.9. The molecule has 1 aliphatic heterocycles. The Balaban J connectivity index is 1.26. The zero-order valence-corrected chi connectivity index (χ0v) is 17.9. The Morgan fingerprint density at radius 1 is 1.30 bits per heavy atom. The van der Waals surface area contributed by atoms with Gasteiger partial charge in [0.05, 0.1) is 30.1 Å². The number of aryl methyl sites for hydroxylation is 1. The molecule has 0 radical (unpaired) electrons. The highest BCUT2D eigenvalue weighted by atomic mass is 19.1. The number of carbonyl (C=O) groups excluding carboxylic acids is 1. The van der Waals surface area contributed by atoms with Crippen molar-refractivity contribution in [2.75, 3.05) is 13.2 Å². The SMILES string of the molecule is Cn1cc(-c2cc(OCC3=C=C(C(=O)N4CC(F)CC4c4cccc(F)c4)C3)ncn2)cn1. The molecule has 2 aliphatic rings. The second-order valence-electron chi connectivity index (χ2n) is 8.18. The Morgan fingerprint density at radius 2 is 2.15 bits per heavy atom. The molecular formula is C24H21F2N5O2. The number of benzene rings is 1. The molecule has 3 aromatic rings. The van der Waals surface area contributed by atoms with Gasteiger partial charge < -0.3 is 9.64 Å². The van der Waals surface area contributed by atoms with E-state index >= 15 is 0 Å². The molecule has 0 bridgehead atoms. The van der Waals surface area contributed by atoms with Gasteiger partial charge >= 0.3 is 0 Å². The molecule has 0 saturated carbocycles. The van der Waals surface area contributed by atoms with E-state index in [2.05, 4.69) is 20.8 Å². The normalized spacial score (nSPS) is 19.7. The van der Waals surface area contributed by atoms with Gasteiger partial charge in [-0.15, -0.1) is 5.73 Å². The molecule has 2 atom stereocenters. The summed E-state index contributed by atoms with van der Waals surface area (Å²) in [5, 5.41) is 4.13. The molecule has 9 heteroatoms. The van der Waals surface area contributed by atoms with E-state index in [4.69, 9.17) is 4.74 Å². The maximum atomic E-state index is 14.1. The first-order valence-corrected chi connectivity index (χ1v) is 10.6. The van der Waals surface area contributed by atoms with Crippen LogP contribution in [0.25, 0.3) is 11.3 Å². The van der Waals surface area contributed by atoms with E-state index in [1.807, 2.05) is 13.2 Å². The first-order valence-electron chi connectivity index (χ1n) is 10.6. The number of hydrogen-bond acceptors (Lipinski definition) is 5. The Kier molecular flexibility index (Phi) is 5.48. The van der Waals surface area contributed by atoms with Crippen molar-refractivity contribution in [3.05, 3.63) is 77.3 Å². The van der Waals surface area contributed by atoms with Gasteiger partial charge in [-0.3, -0.25) is 9.48 Å². The number of aromatic nitrogens is 4. The molecule has 0 spiro atoms. The number of rotatable bonds is 6. The lowest BCUT2D eigenvalue weighted by Gasteiger charge is -2.27. The van der Waals surface area contributed by atoms with Crippen molar-refractivity contribution in [3.63, 3.8) is 0 Å². The lowest BCUT2D eigenvalue weighted by molar-refractivity contribution is -0.128. The summed E-state index contributed by atoms with van der Waals surface area (Å²) < 4.78 is 35.2. The maximum Gasteiger partial charge on any atom is 0.258 e. The van der Waals surface area contributed by atoms with Gasteiger partial charge in [-0.1, -0.05) is 12.1 Å². The smallest absolute Gasteiger partial charge is 0.258 e. The van der Waals surface area contributed by atoms with E-state index in [1.54, 1.807) is 29.1 Å². The fraction of sp³-hybridized carbons (Fsp3) is 0.292. The highest BCUT2D eigenvalue weighted by Gasteiger charge is 2.38. The average Bonchev–Trinajstić information content (AvgIpc) is 3.38. The monoisotopic (exact) mass is 449 g/mol. The lowest BCUT2D eigenvalue weighted by Crippen LogP contribution is -2.34. The molecule has 5 rings (SSSR count). The van der Waals surface area contributed by atoms with Crippen molar-refractivity contribution in [2.45, 2.75) is 25.1 Å². The minimum atomic E-state index is -1.14. The number of carbonyl (C=O) groups is 1. The van der Waals surface area contributed by atoms with Crippen LogP contribution >= 0.6 is 0 Å². The molecule has 1 aromatic carbocycles. The summed E-state index contributed by atoms with van der Waals surface area (Å²) in [6.07, 6.45) is 4.40. The van der Waals surface area contributed by atoms with Gasteiger partial charge in [-0.2, -0.15) is 5.10 Å². The number of halogens is 2. The van der Waals surface area contributed by atoms with E-state index in [9.17, 15) is 13.6 Å². The van der Waals surface area contributed by atoms with Crippen LogP contribution in [0.1, 0.15) is 24.4 Å². The van der Waals surface area contributed by atoms with Gasteiger partial charge in [0.2, 0.25) is 5.88 Å². The Labute approximate surface area is 189 Å². The molecule has 1 aliphatic carbocycles. The van der Waals surface area contributed by atoms with Gasteiger partial charge in [0.1, 0.15) is 24.9 Å². The summed E-state index contributed by atoms with van der Waals surface area (Å²) >= 11 is 0. The van der Waals surface area contributed by atoms with E-state index < -0.39 is 18.0 Å². The third kappa shape index (κ3) is 4.40. The second kappa shape index (κ2) is 8.60. The molecule has 1 amide bonds. The predicted molar refractivity (Wildman–Crippen MR) is 115 cm³/mol. The Bertz CT molecular complexity index is 1280. The van der Waals surface area contributed by atoms with Crippen molar-refractivity contribution >= 4 is 5.91 Å². The maximum absolute atomic E-state index is 14.1. The van der Waals surface area contributed by atoms with Crippen molar-refractivity contribution < 1.29 is 18.3 Å². The molecule has 3 heterocycles. The molecule has 7 nitrogen and oxygen atoms in total. The summed E-state index contributed by atoms with van der Waals surface area (Å²) in [4.78, 5) is 22.8. The highest BCUT2D eigenvalue weighted by Crippen LogP contribution is 2.36. The van der Waals surface area contributed by atoms with Crippen LogP contribution in [0.2, 0.25) is 0 Å². The van der Waals surface area contributed by atoms with Crippen LogP contribution in [-0.4, -0.2) is 49.9 Å². The number of alkyl halides is 1. The fourth-order valence-electron chi connectivity index (χ4n) is 4.13. The summed E-state index contributed by atoms with van der Waals surface area (Å²) in [5.74, 6) is -0.265. The van der Waals surface area contributed by atoms with E-state index in [1.165, 1.54) is 23.4 Å². The van der Waals surface area contributed by atoms with Gasteiger partial charge in [0, 0.05) is 43.3 Å². The minimum absolute atomic E-state index is 0.00488. The Hall–Kier alpha value is -3.84. The van der Waals surface area contributed by atoms with Crippen molar-refractivity contribution in [1.29, 1.82) is 0 Å². The third-order valence-corrected chi connectivity index (χ3v) is 5.76. The molecule has 0 N–H and O–H groups in total. The van der Waals surface area contributed by atoms with Crippen molar-refractivity contribution in [2.24, 2.45) is 7.05 Å². The van der Waals surface area contributed by atoms with Gasteiger partial charge in [-0.25, -0.2) is 18.7 Å². The van der Waals surface area contributed by atoms with E-state index in [0.717, 1.165) is 11.1 Å². The van der Waals surface area contributed by atoms with Gasteiger partial charge in [0.15, 0.2) is 0 Å². The molecule has 168 valence electrons. The number of nitrogens with zero attached hydrogens (tertiary/aromatic N) is 5. The molecule has 2 aromatic heterocycles. The summed E-state index contributed by atoms with van der Waals surface area (Å²) in [7, 11) is 1.83. The number of likely N-dealkylation sites (tertiary alicyclic amines) is 1. The number of ether oxygens (including phenoxy) is 1. The molecular weight excluding hydrogens is 428 g/mol. The standard InChI is InChI=1S/C24H21F2N5O2/c1-30-11-18(10-29-30)21-9-23(28-14-27-21)33-13-15-5-17(6-15)24(32)31-12-20(26)8-22(31)16-3-2-4-19(25)7-16/h2-4,7,9-11,14,20,22H,5,8,12-13H2,1H3. The van der Waals surface area contributed by atoms with Crippen LogP contribution in [0, 0.1) is 5.82 Å². The Morgan fingerprint density at radius 3 is 2.91 bits per heavy atom. The minimum Gasteiger partial charge on any atom is -0.472 e. The number of hydrogen-bond donors (Lipinski definition) is 0. The van der Waals surface area contributed by atoms with Gasteiger partial charge in [-0.05, 0) is 17.7 Å². The van der Waals surface area contributed by atoms with Crippen LogP contribution in [0.4, 0.5) is 8.78 Å². The van der Waals surface area contributed by atoms with Gasteiger partial charge in [0.25, 0.3) is 5.91 Å². The summed E-state index contributed by atoms with van der Waals surface area (Å²) in [6.45, 7) is 0.231. The van der Waals surface area contributed by atoms with Crippen LogP contribution in [-0.2, 0) is 11.8 Å². The first-order chi connectivity index (χ1) is 16.0. The fourth-order valence-corrected chi connectivity index (χ4v) is 4.13. The van der Waals surface area contributed by atoms with E-state index in [0.29, 0.717) is 29.1 Å². The second-order valence-corrected chi connectivity index (χ2v) is 8.18. The topological polar surface area (TPSA) is 73.1 Å². The lowest BCUT2D eigenvalue weighted by atomic mass is 9.95. The van der Waals surface area contributed by atoms with Crippen LogP contribution < -0.4 is 4.74 Å².